The number of carbonyl (C=O) groups excluding carboxylic acids is 1. The molecule has 0 aliphatic carbocycles. The summed E-state index contributed by atoms with van der Waals surface area (Å²) in [5, 5.41) is 0.859. The van der Waals surface area contributed by atoms with Crippen LogP contribution in [0.5, 0.6) is 5.75 Å². The number of esters is 1. The third-order valence-corrected chi connectivity index (χ3v) is 3.20. The zero-order chi connectivity index (χ0) is 12.6. The number of hydrogen-bond acceptors (Lipinski definition) is 4. The van der Waals surface area contributed by atoms with Crippen molar-refractivity contribution in [2.24, 2.45) is 0 Å². The zero-order valence-corrected chi connectivity index (χ0v) is 11.3. The van der Waals surface area contributed by atoms with Crippen molar-refractivity contribution in [2.75, 3.05) is 14.2 Å². The molecular weight excluding hydrogens is 288 g/mol. The van der Waals surface area contributed by atoms with Gasteiger partial charge < -0.3 is 13.9 Å². The van der Waals surface area contributed by atoms with Crippen molar-refractivity contribution in [3.63, 3.8) is 0 Å². The number of halogens is 1. The van der Waals surface area contributed by atoms with Crippen LogP contribution in [-0.2, 0) is 4.74 Å². The van der Waals surface area contributed by atoms with Crippen LogP contribution in [0.25, 0.3) is 11.0 Å². The van der Waals surface area contributed by atoms with Crippen LogP contribution >= 0.6 is 15.9 Å². The van der Waals surface area contributed by atoms with Crippen LogP contribution in [0.2, 0.25) is 0 Å². The SMILES string of the molecule is COC(=O)c1oc2cc(OC)c(Br)cc2c1C. The summed E-state index contributed by atoms with van der Waals surface area (Å²) in [6.07, 6.45) is 0. The molecule has 0 radical (unpaired) electrons. The van der Waals surface area contributed by atoms with Gasteiger partial charge in [0.15, 0.2) is 0 Å². The third kappa shape index (κ3) is 1.91. The molecule has 0 aliphatic heterocycles. The van der Waals surface area contributed by atoms with Crippen LogP contribution in [0.1, 0.15) is 16.1 Å². The largest absolute Gasteiger partial charge is 0.495 e. The minimum Gasteiger partial charge on any atom is -0.495 e. The Morgan fingerprint density at radius 2 is 2.06 bits per heavy atom. The lowest BCUT2D eigenvalue weighted by molar-refractivity contribution is 0.0566. The standard InChI is InChI=1S/C12H11BrO4/c1-6-7-4-8(13)10(15-2)5-9(7)17-11(6)12(14)16-3/h4-5H,1-3H3. The molecule has 0 saturated carbocycles. The van der Waals surface area contributed by atoms with E-state index >= 15 is 0 Å². The molecule has 0 amide bonds. The van der Waals surface area contributed by atoms with Crippen LogP contribution in [-0.4, -0.2) is 20.2 Å². The van der Waals surface area contributed by atoms with E-state index in [1.54, 1.807) is 13.2 Å². The number of furan rings is 1. The molecule has 90 valence electrons. The Morgan fingerprint density at radius 3 is 2.65 bits per heavy atom. The van der Waals surface area contributed by atoms with Crippen molar-refractivity contribution in [1.29, 1.82) is 0 Å². The maximum absolute atomic E-state index is 11.5. The molecule has 0 atom stereocenters. The predicted octanol–water partition coefficient (Wildman–Crippen LogP) is 3.30. The highest BCUT2D eigenvalue weighted by Gasteiger charge is 2.19. The Bertz CT molecular complexity index is 586. The number of aryl methyl sites for hydroxylation is 1. The molecule has 0 saturated heterocycles. The molecular formula is C12H11BrO4. The zero-order valence-electron chi connectivity index (χ0n) is 9.67. The molecule has 0 spiro atoms. The van der Waals surface area contributed by atoms with Crippen LogP contribution in [0, 0.1) is 6.92 Å². The van der Waals surface area contributed by atoms with E-state index < -0.39 is 5.97 Å². The van der Waals surface area contributed by atoms with Crippen LogP contribution in [0.4, 0.5) is 0 Å². The van der Waals surface area contributed by atoms with Gasteiger partial charge in [-0.25, -0.2) is 4.79 Å². The van der Waals surface area contributed by atoms with E-state index in [4.69, 9.17) is 9.15 Å². The molecule has 0 aliphatic rings. The fourth-order valence-corrected chi connectivity index (χ4v) is 2.17. The van der Waals surface area contributed by atoms with Crippen molar-refractivity contribution in [1.82, 2.24) is 0 Å². The lowest BCUT2D eigenvalue weighted by atomic mass is 10.1. The van der Waals surface area contributed by atoms with Crippen molar-refractivity contribution >= 4 is 32.9 Å². The predicted molar refractivity (Wildman–Crippen MR) is 66.5 cm³/mol. The second-order valence-corrected chi connectivity index (χ2v) is 4.39. The van der Waals surface area contributed by atoms with Gasteiger partial charge in [0.05, 0.1) is 18.7 Å². The van der Waals surface area contributed by atoms with Gasteiger partial charge in [-0.3, -0.25) is 0 Å². The van der Waals surface area contributed by atoms with E-state index in [0.717, 1.165) is 15.4 Å². The monoisotopic (exact) mass is 298 g/mol. The first-order valence-corrected chi connectivity index (χ1v) is 5.72. The summed E-state index contributed by atoms with van der Waals surface area (Å²) >= 11 is 3.39. The van der Waals surface area contributed by atoms with E-state index in [1.807, 2.05) is 13.0 Å². The van der Waals surface area contributed by atoms with Gasteiger partial charge in [-0.2, -0.15) is 0 Å². The van der Waals surface area contributed by atoms with Gasteiger partial charge in [0.1, 0.15) is 11.3 Å². The van der Waals surface area contributed by atoms with Crippen molar-refractivity contribution in [3.05, 3.63) is 27.9 Å². The minimum absolute atomic E-state index is 0.225. The van der Waals surface area contributed by atoms with Crippen molar-refractivity contribution in [3.8, 4) is 5.75 Å². The maximum atomic E-state index is 11.5. The smallest absolute Gasteiger partial charge is 0.374 e. The highest BCUT2D eigenvalue weighted by molar-refractivity contribution is 9.10. The fraction of sp³-hybridized carbons (Fsp3) is 0.250. The normalized spacial score (nSPS) is 10.6. The highest BCUT2D eigenvalue weighted by Crippen LogP contribution is 2.34. The molecule has 4 nitrogen and oxygen atoms in total. The lowest BCUT2D eigenvalue weighted by Gasteiger charge is -2.01. The number of ether oxygens (including phenoxy) is 2. The van der Waals surface area contributed by atoms with Gasteiger partial charge in [0.25, 0.3) is 0 Å². The Kier molecular flexibility index (Phi) is 3.11. The Morgan fingerprint density at radius 1 is 1.35 bits per heavy atom. The summed E-state index contributed by atoms with van der Waals surface area (Å²) in [5.74, 6) is 0.402. The third-order valence-electron chi connectivity index (χ3n) is 2.58. The summed E-state index contributed by atoms with van der Waals surface area (Å²) in [6.45, 7) is 1.82. The van der Waals surface area contributed by atoms with E-state index in [-0.39, 0.29) is 5.76 Å². The van der Waals surface area contributed by atoms with Crippen LogP contribution in [0.15, 0.2) is 21.0 Å². The molecule has 0 N–H and O–H groups in total. The molecule has 17 heavy (non-hydrogen) atoms. The maximum Gasteiger partial charge on any atom is 0.374 e. The quantitative estimate of drug-likeness (QED) is 0.798. The van der Waals surface area contributed by atoms with Crippen molar-refractivity contribution in [2.45, 2.75) is 6.92 Å². The lowest BCUT2D eigenvalue weighted by Crippen LogP contribution is -2.00. The average molecular weight is 299 g/mol. The van der Waals surface area contributed by atoms with Gasteiger partial charge in [0, 0.05) is 17.0 Å². The van der Waals surface area contributed by atoms with Gasteiger partial charge in [-0.1, -0.05) is 0 Å². The first-order chi connectivity index (χ1) is 8.08. The first-order valence-electron chi connectivity index (χ1n) is 4.93. The number of fused-ring (bicyclic) bond motifs is 1. The Labute approximate surface area is 107 Å². The molecule has 1 aromatic carbocycles. The van der Waals surface area contributed by atoms with Crippen LogP contribution in [0.3, 0.4) is 0 Å². The number of benzene rings is 1. The second-order valence-electron chi connectivity index (χ2n) is 3.53. The van der Waals surface area contributed by atoms with Crippen molar-refractivity contribution < 1.29 is 18.7 Å². The van der Waals surface area contributed by atoms with E-state index in [9.17, 15) is 4.79 Å². The van der Waals surface area contributed by atoms with Gasteiger partial charge >= 0.3 is 5.97 Å². The van der Waals surface area contributed by atoms with Gasteiger partial charge in [0.2, 0.25) is 5.76 Å². The number of hydrogen-bond donors (Lipinski definition) is 0. The number of rotatable bonds is 2. The highest BCUT2D eigenvalue weighted by atomic mass is 79.9. The first kappa shape index (κ1) is 12.0. The molecule has 1 aromatic heterocycles. The van der Waals surface area contributed by atoms with E-state index in [2.05, 4.69) is 20.7 Å². The Hall–Kier alpha value is -1.49. The molecule has 0 fully saturated rings. The van der Waals surface area contributed by atoms with E-state index in [1.165, 1.54) is 7.11 Å². The summed E-state index contributed by atoms with van der Waals surface area (Å²) in [5.41, 5.74) is 1.36. The summed E-state index contributed by atoms with van der Waals surface area (Å²) in [4.78, 5) is 11.5. The summed E-state index contributed by atoms with van der Waals surface area (Å²) in [7, 11) is 2.90. The van der Waals surface area contributed by atoms with E-state index in [0.29, 0.717) is 11.3 Å². The van der Waals surface area contributed by atoms with Gasteiger partial charge in [-0.15, -0.1) is 0 Å². The molecule has 2 rings (SSSR count). The number of carbonyl (C=O) groups is 1. The molecule has 0 bridgehead atoms. The number of methoxy groups -OCH3 is 2. The second kappa shape index (κ2) is 4.41. The Balaban J connectivity index is 2.69. The molecule has 0 unspecified atom stereocenters. The molecule has 1 heterocycles. The molecule has 2 aromatic rings. The average Bonchev–Trinajstić information content (AvgIpc) is 2.65. The van der Waals surface area contributed by atoms with Gasteiger partial charge in [-0.05, 0) is 28.9 Å². The topological polar surface area (TPSA) is 48.7 Å². The minimum atomic E-state index is -0.478. The summed E-state index contributed by atoms with van der Waals surface area (Å²) < 4.78 is 16.1. The summed E-state index contributed by atoms with van der Waals surface area (Å²) in [6, 6.07) is 3.60. The van der Waals surface area contributed by atoms with Crippen LogP contribution < -0.4 is 4.74 Å². The molecule has 5 heteroatoms. The fourth-order valence-electron chi connectivity index (χ4n) is 1.66.